The molecule has 4 heteroatoms. The average Bonchev–Trinajstić information content (AvgIpc) is 2.20. The second-order valence-corrected chi connectivity index (χ2v) is 3.29. The minimum absolute atomic E-state index is 0.114. The first-order valence-corrected chi connectivity index (χ1v) is 5.23. The van der Waals surface area contributed by atoms with E-state index in [9.17, 15) is 4.79 Å². The lowest BCUT2D eigenvalue weighted by Gasteiger charge is -2.20. The molecule has 0 saturated heterocycles. The zero-order chi connectivity index (χ0) is 10.8. The van der Waals surface area contributed by atoms with Crippen LogP contribution in [0.3, 0.4) is 0 Å². The molecule has 82 valence electrons. The van der Waals surface area contributed by atoms with Crippen molar-refractivity contribution in [2.75, 3.05) is 32.7 Å². The zero-order valence-corrected chi connectivity index (χ0v) is 9.42. The number of ether oxygens (including phenoxy) is 1. The van der Waals surface area contributed by atoms with E-state index in [1.54, 1.807) is 18.1 Å². The summed E-state index contributed by atoms with van der Waals surface area (Å²) in [7, 11) is 1.62. The molecular formula is C10H18ClNO2. The Morgan fingerprint density at radius 3 is 2.86 bits per heavy atom. The number of halogens is 1. The SMILES string of the molecule is C=CCN(CCOC)C(=O)CCCCl. The van der Waals surface area contributed by atoms with Crippen molar-refractivity contribution < 1.29 is 9.53 Å². The molecule has 0 spiro atoms. The van der Waals surface area contributed by atoms with Gasteiger partial charge in [0.05, 0.1) is 6.61 Å². The van der Waals surface area contributed by atoms with Crippen LogP contribution >= 0.6 is 11.6 Å². The van der Waals surface area contributed by atoms with Crippen LogP contribution in [-0.2, 0) is 9.53 Å². The number of carbonyl (C=O) groups is 1. The predicted octanol–water partition coefficient (Wildman–Crippen LogP) is 1.67. The van der Waals surface area contributed by atoms with E-state index in [1.807, 2.05) is 0 Å². The lowest BCUT2D eigenvalue weighted by Crippen LogP contribution is -2.33. The molecule has 0 N–H and O–H groups in total. The van der Waals surface area contributed by atoms with Gasteiger partial charge in [0, 0.05) is 32.5 Å². The first-order chi connectivity index (χ1) is 6.76. The fourth-order valence-electron chi connectivity index (χ4n) is 1.05. The van der Waals surface area contributed by atoms with Gasteiger partial charge < -0.3 is 9.64 Å². The summed E-state index contributed by atoms with van der Waals surface area (Å²) < 4.78 is 4.92. The van der Waals surface area contributed by atoms with Gasteiger partial charge in [-0.05, 0) is 6.42 Å². The van der Waals surface area contributed by atoms with Gasteiger partial charge in [-0.25, -0.2) is 0 Å². The first-order valence-electron chi connectivity index (χ1n) is 4.69. The van der Waals surface area contributed by atoms with Crippen molar-refractivity contribution in [2.45, 2.75) is 12.8 Å². The Balaban J connectivity index is 3.90. The summed E-state index contributed by atoms with van der Waals surface area (Å²) >= 11 is 5.52. The average molecular weight is 220 g/mol. The summed E-state index contributed by atoms with van der Waals surface area (Å²) in [6.07, 6.45) is 2.94. The molecule has 0 saturated carbocycles. The number of hydrogen-bond acceptors (Lipinski definition) is 2. The highest BCUT2D eigenvalue weighted by molar-refractivity contribution is 6.17. The fourth-order valence-corrected chi connectivity index (χ4v) is 1.18. The largest absolute Gasteiger partial charge is 0.383 e. The van der Waals surface area contributed by atoms with Crippen molar-refractivity contribution in [3.05, 3.63) is 12.7 Å². The molecule has 14 heavy (non-hydrogen) atoms. The van der Waals surface area contributed by atoms with Crippen molar-refractivity contribution in [1.82, 2.24) is 4.90 Å². The molecule has 0 bridgehead atoms. The summed E-state index contributed by atoms with van der Waals surface area (Å²) in [5.74, 6) is 0.639. The molecule has 0 rings (SSSR count). The Morgan fingerprint density at radius 2 is 2.36 bits per heavy atom. The second-order valence-electron chi connectivity index (χ2n) is 2.91. The highest BCUT2D eigenvalue weighted by Gasteiger charge is 2.10. The van der Waals surface area contributed by atoms with Crippen LogP contribution in [0.1, 0.15) is 12.8 Å². The van der Waals surface area contributed by atoms with Gasteiger partial charge in [0.1, 0.15) is 0 Å². The maximum Gasteiger partial charge on any atom is 0.222 e. The standard InChI is InChI=1S/C10H18ClNO2/c1-3-7-12(8-9-14-2)10(13)5-4-6-11/h3H,1,4-9H2,2H3. The van der Waals surface area contributed by atoms with E-state index in [-0.39, 0.29) is 5.91 Å². The summed E-state index contributed by atoms with van der Waals surface area (Å²) in [6.45, 7) is 5.36. The normalized spacial score (nSPS) is 9.86. The van der Waals surface area contributed by atoms with E-state index >= 15 is 0 Å². The number of alkyl halides is 1. The topological polar surface area (TPSA) is 29.5 Å². The lowest BCUT2D eigenvalue weighted by molar-refractivity contribution is -0.131. The number of amides is 1. The Morgan fingerprint density at radius 1 is 1.64 bits per heavy atom. The van der Waals surface area contributed by atoms with E-state index in [4.69, 9.17) is 16.3 Å². The highest BCUT2D eigenvalue weighted by atomic mass is 35.5. The Labute approximate surface area is 90.7 Å². The molecule has 0 atom stereocenters. The van der Waals surface area contributed by atoms with Crippen LogP contribution in [0.5, 0.6) is 0 Å². The van der Waals surface area contributed by atoms with Crippen LogP contribution in [0.4, 0.5) is 0 Å². The van der Waals surface area contributed by atoms with E-state index in [2.05, 4.69) is 6.58 Å². The van der Waals surface area contributed by atoms with Gasteiger partial charge in [-0.3, -0.25) is 4.79 Å². The van der Waals surface area contributed by atoms with Crippen LogP contribution in [0.25, 0.3) is 0 Å². The van der Waals surface area contributed by atoms with Crippen LogP contribution in [0.2, 0.25) is 0 Å². The number of hydrogen-bond donors (Lipinski definition) is 0. The molecule has 1 amide bonds. The molecule has 0 radical (unpaired) electrons. The van der Waals surface area contributed by atoms with Crippen LogP contribution in [0.15, 0.2) is 12.7 Å². The quantitative estimate of drug-likeness (QED) is 0.459. The van der Waals surface area contributed by atoms with Crippen molar-refractivity contribution in [3.63, 3.8) is 0 Å². The third-order valence-corrected chi connectivity index (χ3v) is 2.06. The zero-order valence-electron chi connectivity index (χ0n) is 8.67. The van der Waals surface area contributed by atoms with Gasteiger partial charge in [-0.2, -0.15) is 0 Å². The second kappa shape index (κ2) is 9.03. The highest BCUT2D eigenvalue weighted by Crippen LogP contribution is 1.99. The van der Waals surface area contributed by atoms with Crippen molar-refractivity contribution >= 4 is 17.5 Å². The fraction of sp³-hybridized carbons (Fsp3) is 0.700. The van der Waals surface area contributed by atoms with Gasteiger partial charge in [0.15, 0.2) is 0 Å². The van der Waals surface area contributed by atoms with E-state index in [1.165, 1.54) is 0 Å². The van der Waals surface area contributed by atoms with Gasteiger partial charge in [-0.15, -0.1) is 18.2 Å². The maximum atomic E-state index is 11.6. The lowest BCUT2D eigenvalue weighted by atomic mass is 10.3. The van der Waals surface area contributed by atoms with Crippen LogP contribution in [-0.4, -0.2) is 43.5 Å². The molecule has 0 fully saturated rings. The van der Waals surface area contributed by atoms with Crippen molar-refractivity contribution in [2.24, 2.45) is 0 Å². The Kier molecular flexibility index (Phi) is 8.68. The Bertz CT molecular complexity index is 174. The molecule has 0 aliphatic carbocycles. The molecule has 0 aromatic rings. The summed E-state index contributed by atoms with van der Waals surface area (Å²) in [5.41, 5.74) is 0. The van der Waals surface area contributed by atoms with Crippen molar-refractivity contribution in [1.29, 1.82) is 0 Å². The number of methoxy groups -OCH3 is 1. The molecule has 0 aromatic heterocycles. The number of nitrogens with zero attached hydrogens (tertiary/aromatic N) is 1. The molecule has 0 aliphatic heterocycles. The van der Waals surface area contributed by atoms with Crippen molar-refractivity contribution in [3.8, 4) is 0 Å². The van der Waals surface area contributed by atoms with Gasteiger partial charge in [0.2, 0.25) is 5.91 Å². The summed E-state index contributed by atoms with van der Waals surface area (Å²) in [4.78, 5) is 13.3. The monoisotopic (exact) mass is 219 g/mol. The molecule has 3 nitrogen and oxygen atoms in total. The first kappa shape index (κ1) is 13.5. The molecule has 0 heterocycles. The third-order valence-electron chi connectivity index (χ3n) is 1.79. The number of carbonyl (C=O) groups excluding carboxylic acids is 1. The molecule has 0 aliphatic rings. The van der Waals surface area contributed by atoms with Crippen LogP contribution < -0.4 is 0 Å². The summed E-state index contributed by atoms with van der Waals surface area (Å²) in [6, 6.07) is 0. The molecule has 0 aromatic carbocycles. The van der Waals surface area contributed by atoms with E-state index in [0.29, 0.717) is 32.0 Å². The van der Waals surface area contributed by atoms with Gasteiger partial charge in [-0.1, -0.05) is 6.08 Å². The number of rotatable bonds is 8. The smallest absolute Gasteiger partial charge is 0.222 e. The maximum absolute atomic E-state index is 11.6. The minimum atomic E-state index is 0.114. The van der Waals surface area contributed by atoms with Gasteiger partial charge >= 0.3 is 0 Å². The minimum Gasteiger partial charge on any atom is -0.383 e. The predicted molar refractivity (Wildman–Crippen MR) is 58.6 cm³/mol. The molecular weight excluding hydrogens is 202 g/mol. The summed E-state index contributed by atoms with van der Waals surface area (Å²) in [5, 5.41) is 0. The molecule has 0 unspecified atom stereocenters. The third kappa shape index (κ3) is 6.00. The van der Waals surface area contributed by atoms with Gasteiger partial charge in [0.25, 0.3) is 0 Å². The van der Waals surface area contributed by atoms with E-state index in [0.717, 1.165) is 6.42 Å². The van der Waals surface area contributed by atoms with Crippen LogP contribution in [0, 0.1) is 0 Å². The van der Waals surface area contributed by atoms with E-state index < -0.39 is 0 Å². The Hall–Kier alpha value is -0.540.